The number of rotatable bonds is 6. The fourth-order valence-corrected chi connectivity index (χ4v) is 3.72. The molecule has 1 fully saturated rings. The minimum atomic E-state index is -0.887. The molecule has 0 bridgehead atoms. The number of aryl methyl sites for hydroxylation is 1. The van der Waals surface area contributed by atoms with Crippen molar-refractivity contribution < 1.29 is 15.0 Å². The number of carboxylic acid groups (broad SMARTS) is 1. The van der Waals surface area contributed by atoms with E-state index in [0.717, 1.165) is 37.4 Å². The van der Waals surface area contributed by atoms with Crippen LogP contribution in [0.3, 0.4) is 0 Å². The van der Waals surface area contributed by atoms with E-state index in [-0.39, 0.29) is 6.61 Å². The van der Waals surface area contributed by atoms with Crippen LogP contribution >= 0.6 is 11.3 Å². The molecule has 0 radical (unpaired) electrons. The van der Waals surface area contributed by atoms with Crippen molar-refractivity contribution in [2.45, 2.75) is 45.1 Å². The lowest BCUT2D eigenvalue weighted by Crippen LogP contribution is -2.41. The fourth-order valence-electron chi connectivity index (χ4n) is 2.83. The molecule has 112 valence electrons. The molecule has 1 unspecified atom stereocenters. The molecule has 2 N–H and O–H groups in total. The Morgan fingerprint density at radius 2 is 2.30 bits per heavy atom. The first-order valence-electron chi connectivity index (χ1n) is 7.16. The molecular weight excluding hydrogens is 276 g/mol. The number of aromatic carboxylic acids is 1. The monoisotopic (exact) mass is 298 g/mol. The lowest BCUT2D eigenvalue weighted by atomic mass is 9.99. The van der Waals surface area contributed by atoms with Gasteiger partial charge in [-0.2, -0.15) is 0 Å². The first-order valence-corrected chi connectivity index (χ1v) is 7.98. The quantitative estimate of drug-likeness (QED) is 0.839. The first-order chi connectivity index (χ1) is 9.61. The number of hydrogen-bond acceptors (Lipinski definition) is 5. The summed E-state index contributed by atoms with van der Waals surface area (Å²) in [4.78, 5) is 18.1. The van der Waals surface area contributed by atoms with Crippen molar-refractivity contribution in [2.75, 3.05) is 19.7 Å². The van der Waals surface area contributed by atoms with Crippen LogP contribution in [0.25, 0.3) is 0 Å². The van der Waals surface area contributed by atoms with Gasteiger partial charge in [0.15, 0.2) is 0 Å². The van der Waals surface area contributed by atoms with Crippen LogP contribution in [-0.4, -0.2) is 51.8 Å². The van der Waals surface area contributed by atoms with Gasteiger partial charge in [0.25, 0.3) is 0 Å². The minimum absolute atomic E-state index is 0.237. The van der Waals surface area contributed by atoms with Gasteiger partial charge in [-0.3, -0.25) is 4.90 Å². The van der Waals surface area contributed by atoms with Crippen LogP contribution in [0, 0.1) is 6.92 Å². The number of hydrogen-bond donors (Lipinski definition) is 2. The Morgan fingerprint density at radius 1 is 1.50 bits per heavy atom. The van der Waals surface area contributed by atoms with Gasteiger partial charge in [0, 0.05) is 25.6 Å². The third kappa shape index (κ3) is 3.77. The second kappa shape index (κ2) is 7.15. The summed E-state index contributed by atoms with van der Waals surface area (Å²) in [6.45, 7) is 3.96. The van der Waals surface area contributed by atoms with Gasteiger partial charge in [0.1, 0.15) is 4.88 Å². The van der Waals surface area contributed by atoms with Crippen molar-refractivity contribution in [1.29, 1.82) is 0 Å². The normalized spacial score (nSPS) is 20.2. The molecule has 0 amide bonds. The van der Waals surface area contributed by atoms with Crippen molar-refractivity contribution in [2.24, 2.45) is 0 Å². The van der Waals surface area contributed by atoms with Gasteiger partial charge >= 0.3 is 5.97 Å². The van der Waals surface area contributed by atoms with Crippen LogP contribution in [0.4, 0.5) is 0 Å². The summed E-state index contributed by atoms with van der Waals surface area (Å²) < 4.78 is 0. The zero-order chi connectivity index (χ0) is 14.5. The zero-order valence-electron chi connectivity index (χ0n) is 11.8. The Morgan fingerprint density at radius 3 is 2.95 bits per heavy atom. The lowest BCUT2D eigenvalue weighted by molar-refractivity contribution is 0.0701. The largest absolute Gasteiger partial charge is 0.477 e. The SMILES string of the molecule is Cc1nc(CCN2CCCCC2CCO)sc1C(=O)O. The molecule has 1 aliphatic heterocycles. The maximum Gasteiger partial charge on any atom is 0.347 e. The predicted octanol–water partition coefficient (Wildman–Crippen LogP) is 1.93. The number of aliphatic hydroxyl groups excluding tert-OH is 1. The van der Waals surface area contributed by atoms with Gasteiger partial charge in [-0.05, 0) is 32.7 Å². The van der Waals surface area contributed by atoms with Crippen molar-refractivity contribution in [3.63, 3.8) is 0 Å². The molecule has 1 aromatic heterocycles. The van der Waals surface area contributed by atoms with E-state index in [0.29, 0.717) is 16.6 Å². The molecule has 0 aromatic carbocycles. The summed E-state index contributed by atoms with van der Waals surface area (Å²) in [5.74, 6) is -0.887. The number of carbonyl (C=O) groups is 1. The number of nitrogens with zero attached hydrogens (tertiary/aromatic N) is 2. The van der Waals surface area contributed by atoms with Gasteiger partial charge in [-0.25, -0.2) is 9.78 Å². The number of piperidine rings is 1. The summed E-state index contributed by atoms with van der Waals surface area (Å²) in [7, 11) is 0. The number of thiazole rings is 1. The molecule has 1 aromatic rings. The number of carboxylic acids is 1. The topological polar surface area (TPSA) is 73.7 Å². The van der Waals surface area contributed by atoms with E-state index in [9.17, 15) is 4.79 Å². The summed E-state index contributed by atoms with van der Waals surface area (Å²) >= 11 is 1.28. The van der Waals surface area contributed by atoms with Crippen molar-refractivity contribution in [1.82, 2.24) is 9.88 Å². The third-order valence-electron chi connectivity index (χ3n) is 3.86. The van der Waals surface area contributed by atoms with E-state index in [2.05, 4.69) is 9.88 Å². The summed E-state index contributed by atoms with van der Waals surface area (Å²) in [6, 6.07) is 0.466. The molecule has 1 aliphatic rings. The molecule has 2 rings (SSSR count). The van der Waals surface area contributed by atoms with Crippen molar-refractivity contribution >= 4 is 17.3 Å². The molecule has 2 heterocycles. The Labute approximate surface area is 123 Å². The fraction of sp³-hybridized carbons (Fsp3) is 0.714. The van der Waals surface area contributed by atoms with E-state index in [1.165, 1.54) is 24.2 Å². The first kappa shape index (κ1) is 15.4. The second-order valence-corrected chi connectivity index (χ2v) is 6.36. The molecule has 0 saturated carbocycles. The van der Waals surface area contributed by atoms with Gasteiger partial charge in [0.2, 0.25) is 0 Å². The van der Waals surface area contributed by atoms with Crippen LogP contribution < -0.4 is 0 Å². The lowest BCUT2D eigenvalue weighted by Gasteiger charge is -2.35. The average molecular weight is 298 g/mol. The van der Waals surface area contributed by atoms with Crippen LogP contribution in [0.2, 0.25) is 0 Å². The molecule has 6 heteroatoms. The smallest absolute Gasteiger partial charge is 0.347 e. The van der Waals surface area contributed by atoms with Gasteiger partial charge in [0.05, 0.1) is 10.7 Å². The van der Waals surface area contributed by atoms with Crippen LogP contribution in [0.5, 0.6) is 0 Å². The van der Waals surface area contributed by atoms with Crippen LogP contribution in [-0.2, 0) is 6.42 Å². The highest BCUT2D eigenvalue weighted by molar-refractivity contribution is 7.13. The Hall–Kier alpha value is -0.980. The minimum Gasteiger partial charge on any atom is -0.477 e. The van der Waals surface area contributed by atoms with E-state index in [1.807, 2.05) is 0 Å². The third-order valence-corrected chi connectivity index (χ3v) is 5.06. The summed E-state index contributed by atoms with van der Waals surface area (Å²) in [6.07, 6.45) is 5.22. The highest BCUT2D eigenvalue weighted by Gasteiger charge is 2.22. The summed E-state index contributed by atoms with van der Waals surface area (Å²) in [5, 5.41) is 19.1. The molecular formula is C14H22N2O3S. The molecule has 5 nitrogen and oxygen atoms in total. The van der Waals surface area contributed by atoms with E-state index in [4.69, 9.17) is 10.2 Å². The predicted molar refractivity (Wildman–Crippen MR) is 78.4 cm³/mol. The van der Waals surface area contributed by atoms with Gasteiger partial charge in [-0.1, -0.05) is 6.42 Å². The molecule has 1 saturated heterocycles. The van der Waals surface area contributed by atoms with Gasteiger partial charge < -0.3 is 10.2 Å². The second-order valence-electron chi connectivity index (χ2n) is 5.28. The summed E-state index contributed by atoms with van der Waals surface area (Å²) in [5.41, 5.74) is 0.614. The highest BCUT2D eigenvalue weighted by Crippen LogP contribution is 2.22. The molecule has 20 heavy (non-hydrogen) atoms. The van der Waals surface area contributed by atoms with Gasteiger partial charge in [-0.15, -0.1) is 11.3 Å². The van der Waals surface area contributed by atoms with E-state index in [1.54, 1.807) is 6.92 Å². The molecule has 1 atom stereocenters. The van der Waals surface area contributed by atoms with Crippen molar-refractivity contribution in [3.8, 4) is 0 Å². The maximum atomic E-state index is 11.0. The number of likely N-dealkylation sites (tertiary alicyclic amines) is 1. The average Bonchev–Trinajstić information content (AvgIpc) is 2.79. The number of aliphatic hydroxyl groups is 1. The van der Waals surface area contributed by atoms with Crippen LogP contribution in [0.15, 0.2) is 0 Å². The Kier molecular flexibility index (Phi) is 5.51. The van der Waals surface area contributed by atoms with E-state index < -0.39 is 5.97 Å². The Bertz CT molecular complexity index is 459. The standard InChI is InChI=1S/C14H22N2O3S/c1-10-13(14(18)19)20-12(15-10)5-8-16-7-3-2-4-11(16)6-9-17/h11,17H,2-9H2,1H3,(H,18,19). The molecule has 0 aliphatic carbocycles. The van der Waals surface area contributed by atoms with E-state index >= 15 is 0 Å². The van der Waals surface area contributed by atoms with Crippen molar-refractivity contribution in [3.05, 3.63) is 15.6 Å². The Balaban J connectivity index is 1.93. The molecule has 0 spiro atoms. The highest BCUT2D eigenvalue weighted by atomic mass is 32.1. The zero-order valence-corrected chi connectivity index (χ0v) is 12.7. The maximum absolute atomic E-state index is 11.0. The number of aromatic nitrogens is 1. The van der Waals surface area contributed by atoms with Crippen LogP contribution in [0.1, 0.15) is 46.1 Å².